The van der Waals surface area contributed by atoms with Crippen LogP contribution < -0.4 is 16.0 Å². The molecule has 0 spiro atoms. The van der Waals surface area contributed by atoms with Gasteiger partial charge >= 0.3 is 0 Å². The molecule has 1 saturated heterocycles. The molecule has 2 atom stereocenters. The van der Waals surface area contributed by atoms with Gasteiger partial charge < -0.3 is 21.1 Å². The Labute approximate surface area is 129 Å². The number of hydrogen-bond acceptors (Lipinski definition) is 7. The number of pyridine rings is 1. The first-order chi connectivity index (χ1) is 10.6. The molecule has 0 saturated carbocycles. The second kappa shape index (κ2) is 6.02. The molecule has 0 amide bonds. The summed E-state index contributed by atoms with van der Waals surface area (Å²) in [5.41, 5.74) is 2.75. The molecule has 1 aliphatic heterocycles. The smallest absolute Gasteiger partial charge is 0.226 e. The number of rotatable bonds is 4. The standard InChI is InChI=1S/C15H22N6O/c1-8-4-9(2)18-14-12(8)13(16-3)20-15(21-14)19-10-5-11(7-22)17-6-10/h4,10-11,17,22H,5-7H2,1-3H3,(H2,16,18,19,20,21)/t10-,11?/m1/s1. The molecule has 0 aliphatic carbocycles. The average Bonchev–Trinajstić information content (AvgIpc) is 2.93. The van der Waals surface area contributed by atoms with Gasteiger partial charge in [0.15, 0.2) is 5.65 Å². The summed E-state index contributed by atoms with van der Waals surface area (Å²) in [5, 5.41) is 19.9. The lowest BCUT2D eigenvalue weighted by atomic mass is 10.1. The minimum atomic E-state index is 0.143. The highest BCUT2D eigenvalue weighted by Crippen LogP contribution is 2.25. The third-order valence-electron chi connectivity index (χ3n) is 4.00. The predicted octanol–water partition coefficient (Wildman–Crippen LogP) is 0.818. The Morgan fingerprint density at radius 2 is 2.14 bits per heavy atom. The van der Waals surface area contributed by atoms with Crippen molar-refractivity contribution in [2.75, 3.05) is 30.8 Å². The zero-order valence-electron chi connectivity index (χ0n) is 13.1. The molecular formula is C15H22N6O. The number of aliphatic hydroxyl groups excluding tert-OH is 1. The summed E-state index contributed by atoms with van der Waals surface area (Å²) in [6.45, 7) is 4.95. The summed E-state index contributed by atoms with van der Waals surface area (Å²) in [5.74, 6) is 1.35. The first-order valence-electron chi connectivity index (χ1n) is 7.55. The molecule has 1 unspecified atom stereocenters. The van der Waals surface area contributed by atoms with Crippen molar-refractivity contribution in [2.45, 2.75) is 32.4 Å². The Morgan fingerprint density at radius 1 is 1.32 bits per heavy atom. The summed E-state index contributed by atoms with van der Waals surface area (Å²) >= 11 is 0. The van der Waals surface area contributed by atoms with Gasteiger partial charge in [0, 0.05) is 31.4 Å². The van der Waals surface area contributed by atoms with Crippen LogP contribution in [0.15, 0.2) is 6.07 Å². The van der Waals surface area contributed by atoms with Gasteiger partial charge in [-0.3, -0.25) is 0 Å². The molecular weight excluding hydrogens is 280 g/mol. The van der Waals surface area contributed by atoms with Crippen LogP contribution in [0.5, 0.6) is 0 Å². The average molecular weight is 302 g/mol. The Hall–Kier alpha value is -1.99. The molecule has 2 aromatic heterocycles. The highest BCUT2D eigenvalue weighted by Gasteiger charge is 2.24. The van der Waals surface area contributed by atoms with Gasteiger partial charge in [-0.15, -0.1) is 0 Å². The van der Waals surface area contributed by atoms with Gasteiger partial charge in [-0.1, -0.05) is 0 Å². The monoisotopic (exact) mass is 302 g/mol. The van der Waals surface area contributed by atoms with E-state index >= 15 is 0 Å². The third-order valence-corrected chi connectivity index (χ3v) is 4.00. The molecule has 1 aliphatic rings. The van der Waals surface area contributed by atoms with Crippen LogP contribution in [0.1, 0.15) is 17.7 Å². The SMILES string of the molecule is CNc1nc(N[C@H]2CNC(CO)C2)nc2nc(C)cc(C)c12. The fourth-order valence-electron chi connectivity index (χ4n) is 2.97. The lowest BCUT2D eigenvalue weighted by molar-refractivity contribution is 0.254. The predicted molar refractivity (Wildman–Crippen MR) is 87.3 cm³/mol. The maximum atomic E-state index is 9.19. The first kappa shape index (κ1) is 14.9. The quantitative estimate of drug-likeness (QED) is 0.664. The first-order valence-corrected chi connectivity index (χ1v) is 7.55. The molecule has 0 aromatic carbocycles. The van der Waals surface area contributed by atoms with Gasteiger partial charge in [-0.2, -0.15) is 9.97 Å². The second-order valence-electron chi connectivity index (χ2n) is 5.79. The van der Waals surface area contributed by atoms with E-state index in [2.05, 4.69) is 30.9 Å². The van der Waals surface area contributed by atoms with Crippen LogP contribution in [0, 0.1) is 13.8 Å². The van der Waals surface area contributed by atoms with E-state index in [0.717, 1.165) is 35.4 Å². The number of anilines is 2. The summed E-state index contributed by atoms with van der Waals surface area (Å²) in [4.78, 5) is 13.6. The summed E-state index contributed by atoms with van der Waals surface area (Å²) in [6.07, 6.45) is 0.854. The third kappa shape index (κ3) is 2.82. The molecule has 7 heteroatoms. The molecule has 0 bridgehead atoms. The molecule has 118 valence electrons. The summed E-state index contributed by atoms with van der Waals surface area (Å²) in [6, 6.07) is 2.39. The molecule has 7 nitrogen and oxygen atoms in total. The van der Waals surface area contributed by atoms with E-state index in [9.17, 15) is 5.11 Å². The van der Waals surface area contributed by atoms with Gasteiger partial charge in [0.1, 0.15) is 5.82 Å². The molecule has 3 rings (SSSR count). The number of hydrogen-bond donors (Lipinski definition) is 4. The Kier molecular flexibility index (Phi) is 4.08. The van der Waals surface area contributed by atoms with E-state index in [1.165, 1.54) is 0 Å². The van der Waals surface area contributed by atoms with Crippen molar-refractivity contribution in [1.29, 1.82) is 0 Å². The van der Waals surface area contributed by atoms with Gasteiger partial charge in [-0.05, 0) is 31.9 Å². The van der Waals surface area contributed by atoms with Crippen LogP contribution in [0.25, 0.3) is 11.0 Å². The second-order valence-corrected chi connectivity index (χ2v) is 5.79. The highest BCUT2D eigenvalue weighted by molar-refractivity contribution is 5.90. The number of aliphatic hydroxyl groups is 1. The Morgan fingerprint density at radius 3 is 2.82 bits per heavy atom. The van der Waals surface area contributed by atoms with Gasteiger partial charge in [0.05, 0.1) is 12.0 Å². The van der Waals surface area contributed by atoms with Crippen LogP contribution in [0.3, 0.4) is 0 Å². The molecule has 2 aromatic rings. The maximum Gasteiger partial charge on any atom is 0.226 e. The van der Waals surface area contributed by atoms with Crippen LogP contribution >= 0.6 is 0 Å². The largest absolute Gasteiger partial charge is 0.395 e. The lowest BCUT2D eigenvalue weighted by Crippen LogP contribution is -2.25. The van der Waals surface area contributed by atoms with Gasteiger partial charge in [0.2, 0.25) is 5.95 Å². The van der Waals surface area contributed by atoms with Crippen LogP contribution in [0.2, 0.25) is 0 Å². The fraction of sp³-hybridized carbons (Fsp3) is 0.533. The molecule has 0 radical (unpaired) electrons. The summed E-state index contributed by atoms with van der Waals surface area (Å²) in [7, 11) is 1.85. The van der Waals surface area contributed by atoms with Crippen molar-refractivity contribution in [1.82, 2.24) is 20.3 Å². The summed E-state index contributed by atoms with van der Waals surface area (Å²) < 4.78 is 0. The van der Waals surface area contributed by atoms with Crippen molar-refractivity contribution in [3.8, 4) is 0 Å². The minimum Gasteiger partial charge on any atom is -0.395 e. The van der Waals surface area contributed by atoms with Crippen LogP contribution in [0.4, 0.5) is 11.8 Å². The normalized spacial score (nSPS) is 21.3. The van der Waals surface area contributed by atoms with Crippen molar-refractivity contribution in [3.63, 3.8) is 0 Å². The van der Waals surface area contributed by atoms with E-state index in [1.807, 2.05) is 27.0 Å². The fourth-order valence-corrected chi connectivity index (χ4v) is 2.97. The van der Waals surface area contributed by atoms with Crippen molar-refractivity contribution >= 4 is 22.8 Å². The topological polar surface area (TPSA) is 95.0 Å². The van der Waals surface area contributed by atoms with E-state index in [4.69, 9.17) is 0 Å². The van der Waals surface area contributed by atoms with Crippen LogP contribution in [-0.4, -0.2) is 52.3 Å². The Bertz CT molecular complexity index is 689. The lowest BCUT2D eigenvalue weighted by Gasteiger charge is -2.14. The zero-order chi connectivity index (χ0) is 15.7. The molecule has 4 N–H and O–H groups in total. The number of aryl methyl sites for hydroxylation is 2. The van der Waals surface area contributed by atoms with Gasteiger partial charge in [0.25, 0.3) is 0 Å². The van der Waals surface area contributed by atoms with Crippen molar-refractivity contribution in [2.24, 2.45) is 0 Å². The number of aromatic nitrogens is 3. The molecule has 22 heavy (non-hydrogen) atoms. The number of nitrogens with one attached hydrogen (secondary N) is 3. The van der Waals surface area contributed by atoms with Gasteiger partial charge in [-0.25, -0.2) is 4.98 Å². The minimum absolute atomic E-state index is 0.143. The molecule has 1 fully saturated rings. The maximum absolute atomic E-state index is 9.19. The highest BCUT2D eigenvalue weighted by atomic mass is 16.3. The Balaban J connectivity index is 1.94. The van der Waals surface area contributed by atoms with Crippen molar-refractivity contribution in [3.05, 3.63) is 17.3 Å². The van der Waals surface area contributed by atoms with Crippen molar-refractivity contribution < 1.29 is 5.11 Å². The number of nitrogens with zero attached hydrogens (tertiary/aromatic N) is 3. The van der Waals surface area contributed by atoms with E-state index in [0.29, 0.717) is 11.6 Å². The van der Waals surface area contributed by atoms with E-state index < -0.39 is 0 Å². The zero-order valence-corrected chi connectivity index (χ0v) is 13.1. The number of fused-ring (bicyclic) bond motifs is 1. The molecule has 3 heterocycles. The van der Waals surface area contributed by atoms with Crippen LogP contribution in [-0.2, 0) is 0 Å². The van der Waals surface area contributed by atoms with E-state index in [1.54, 1.807) is 0 Å². The van der Waals surface area contributed by atoms with E-state index in [-0.39, 0.29) is 18.7 Å².